The molecule has 0 radical (unpaired) electrons. The lowest BCUT2D eigenvalue weighted by Crippen LogP contribution is -2.50. The molecule has 0 heterocycles. The number of hydrogen-bond donors (Lipinski definition) is 2. The van der Waals surface area contributed by atoms with Crippen molar-refractivity contribution in [3.63, 3.8) is 0 Å². The molecule has 0 aromatic rings. The normalized spacial score (nSPS) is 11.4. The first-order chi connectivity index (χ1) is 4.72. The van der Waals surface area contributed by atoms with Crippen molar-refractivity contribution < 1.29 is 0 Å². The molecule has 0 atom stereocenters. The second-order valence-corrected chi connectivity index (χ2v) is 2.60. The van der Waals surface area contributed by atoms with E-state index in [1.165, 1.54) is 0 Å². The van der Waals surface area contributed by atoms with Crippen molar-refractivity contribution in [3.05, 3.63) is 0 Å². The number of nitrogens with one attached hydrogen (secondary N) is 2. The number of hydrogen-bond acceptors (Lipinski definition) is 3. The van der Waals surface area contributed by atoms with Gasteiger partial charge in [0.15, 0.2) is 0 Å². The largest absolute Gasteiger partial charge is 0.244 e. The Morgan fingerprint density at radius 2 is 2.00 bits per heavy atom. The van der Waals surface area contributed by atoms with Crippen LogP contribution in [0.5, 0.6) is 0 Å². The average Bonchev–Trinajstić information content (AvgIpc) is 1.89. The zero-order valence-corrected chi connectivity index (χ0v) is 7.44. The van der Waals surface area contributed by atoms with Crippen LogP contribution in [0.4, 0.5) is 0 Å². The van der Waals surface area contributed by atoms with Crippen LogP contribution >= 0.6 is 0 Å². The fourth-order valence-electron chi connectivity index (χ4n) is 0.752. The van der Waals surface area contributed by atoms with Crippen LogP contribution in [-0.4, -0.2) is 24.8 Å². The van der Waals surface area contributed by atoms with Crippen LogP contribution in [0.3, 0.4) is 0 Å². The fourth-order valence-corrected chi connectivity index (χ4v) is 0.752. The molecular weight excluding hydrogens is 126 g/mol. The van der Waals surface area contributed by atoms with Gasteiger partial charge in [0.1, 0.15) is 0 Å². The van der Waals surface area contributed by atoms with E-state index in [4.69, 9.17) is 0 Å². The maximum absolute atomic E-state index is 3.24. The summed E-state index contributed by atoms with van der Waals surface area (Å²) in [6.45, 7) is 7.46. The van der Waals surface area contributed by atoms with Crippen LogP contribution in [0, 0.1) is 0 Å². The topological polar surface area (TPSA) is 27.3 Å². The van der Waals surface area contributed by atoms with Crippen LogP contribution in [0.2, 0.25) is 0 Å². The van der Waals surface area contributed by atoms with E-state index in [0.29, 0.717) is 6.04 Å². The van der Waals surface area contributed by atoms with Gasteiger partial charge in [0.25, 0.3) is 0 Å². The maximum Gasteiger partial charge on any atom is 0.0343 e. The lowest BCUT2D eigenvalue weighted by atomic mass is 10.4. The van der Waals surface area contributed by atoms with Crippen molar-refractivity contribution in [2.45, 2.75) is 33.2 Å². The zero-order chi connectivity index (χ0) is 7.98. The third-order valence-electron chi connectivity index (χ3n) is 1.29. The molecule has 3 nitrogen and oxygen atoms in total. The van der Waals surface area contributed by atoms with Gasteiger partial charge in [-0.2, -0.15) is 5.12 Å². The Morgan fingerprint density at radius 1 is 1.40 bits per heavy atom. The summed E-state index contributed by atoms with van der Waals surface area (Å²) in [6.07, 6.45) is 1.16. The zero-order valence-electron chi connectivity index (χ0n) is 7.44. The van der Waals surface area contributed by atoms with Crippen molar-refractivity contribution >= 4 is 0 Å². The molecule has 0 aliphatic rings. The standard InChI is InChI=1S/C7H19N3/c1-5-6-9-10(8-4)7(2)3/h7-9H,5-6H2,1-4H3. The fraction of sp³-hybridized carbons (Fsp3) is 1.00. The van der Waals surface area contributed by atoms with Gasteiger partial charge in [-0.25, -0.2) is 10.9 Å². The van der Waals surface area contributed by atoms with Gasteiger partial charge in [-0.3, -0.25) is 0 Å². The molecule has 0 fully saturated rings. The van der Waals surface area contributed by atoms with Crippen LogP contribution in [0.25, 0.3) is 0 Å². The van der Waals surface area contributed by atoms with E-state index in [-0.39, 0.29) is 0 Å². The van der Waals surface area contributed by atoms with E-state index in [1.54, 1.807) is 0 Å². The highest BCUT2D eigenvalue weighted by atomic mass is 15.7. The molecule has 0 bridgehead atoms. The van der Waals surface area contributed by atoms with Gasteiger partial charge in [-0.05, 0) is 20.3 Å². The summed E-state index contributed by atoms with van der Waals surface area (Å²) in [5, 5.41) is 2.00. The smallest absolute Gasteiger partial charge is 0.0343 e. The lowest BCUT2D eigenvalue weighted by molar-refractivity contribution is 0.0886. The summed E-state index contributed by atoms with van der Waals surface area (Å²) in [6, 6.07) is 0.497. The van der Waals surface area contributed by atoms with Crippen molar-refractivity contribution in [3.8, 4) is 0 Å². The quantitative estimate of drug-likeness (QED) is 0.559. The summed E-state index contributed by atoms with van der Waals surface area (Å²) < 4.78 is 0. The molecular formula is C7H19N3. The Bertz CT molecular complexity index is 73.3. The highest BCUT2D eigenvalue weighted by Crippen LogP contribution is 1.86. The second kappa shape index (κ2) is 5.65. The van der Waals surface area contributed by atoms with Crippen molar-refractivity contribution in [2.24, 2.45) is 0 Å². The Labute approximate surface area is 63.7 Å². The molecule has 0 aromatic carbocycles. The third-order valence-corrected chi connectivity index (χ3v) is 1.29. The van der Waals surface area contributed by atoms with Crippen LogP contribution in [-0.2, 0) is 0 Å². The summed E-state index contributed by atoms with van der Waals surface area (Å²) in [7, 11) is 1.92. The summed E-state index contributed by atoms with van der Waals surface area (Å²) >= 11 is 0. The molecule has 10 heavy (non-hydrogen) atoms. The SMILES string of the molecule is CCCNN(NC)C(C)C. The van der Waals surface area contributed by atoms with Gasteiger partial charge >= 0.3 is 0 Å². The molecule has 0 rings (SSSR count). The summed E-state index contributed by atoms with van der Waals surface area (Å²) in [5.41, 5.74) is 6.30. The van der Waals surface area contributed by atoms with Crippen molar-refractivity contribution in [1.29, 1.82) is 0 Å². The van der Waals surface area contributed by atoms with Gasteiger partial charge < -0.3 is 0 Å². The molecule has 0 saturated heterocycles. The van der Waals surface area contributed by atoms with Crippen molar-refractivity contribution in [2.75, 3.05) is 13.6 Å². The van der Waals surface area contributed by atoms with Crippen molar-refractivity contribution in [1.82, 2.24) is 16.0 Å². The van der Waals surface area contributed by atoms with Gasteiger partial charge in [-0.15, -0.1) is 0 Å². The third kappa shape index (κ3) is 3.82. The first kappa shape index (κ1) is 9.88. The Kier molecular flexibility index (Phi) is 5.58. The van der Waals surface area contributed by atoms with Gasteiger partial charge in [-0.1, -0.05) is 6.92 Å². The Hall–Kier alpha value is -0.120. The molecule has 0 aliphatic carbocycles. The van der Waals surface area contributed by atoms with E-state index in [0.717, 1.165) is 13.0 Å². The maximum atomic E-state index is 3.24. The van der Waals surface area contributed by atoms with E-state index in [2.05, 4.69) is 31.6 Å². The van der Waals surface area contributed by atoms with Gasteiger partial charge in [0.2, 0.25) is 0 Å². The van der Waals surface area contributed by atoms with Crippen LogP contribution in [0.1, 0.15) is 27.2 Å². The highest BCUT2D eigenvalue weighted by molar-refractivity contribution is 4.49. The highest BCUT2D eigenvalue weighted by Gasteiger charge is 2.03. The first-order valence-corrected chi connectivity index (χ1v) is 3.92. The van der Waals surface area contributed by atoms with E-state index >= 15 is 0 Å². The van der Waals surface area contributed by atoms with E-state index in [9.17, 15) is 0 Å². The average molecular weight is 145 g/mol. The molecule has 0 unspecified atom stereocenters. The van der Waals surface area contributed by atoms with Crippen LogP contribution < -0.4 is 10.9 Å². The molecule has 0 saturated carbocycles. The summed E-state index contributed by atoms with van der Waals surface area (Å²) in [5.74, 6) is 0. The minimum absolute atomic E-state index is 0.497. The molecule has 2 N–H and O–H groups in total. The summed E-state index contributed by atoms with van der Waals surface area (Å²) in [4.78, 5) is 0. The predicted molar refractivity (Wildman–Crippen MR) is 44.3 cm³/mol. The number of hydrazine groups is 2. The Balaban J connectivity index is 3.40. The van der Waals surface area contributed by atoms with E-state index in [1.807, 2.05) is 12.2 Å². The lowest BCUT2D eigenvalue weighted by Gasteiger charge is -2.25. The Morgan fingerprint density at radius 3 is 2.30 bits per heavy atom. The first-order valence-electron chi connectivity index (χ1n) is 3.92. The molecule has 0 amide bonds. The number of nitrogens with zero attached hydrogens (tertiary/aromatic N) is 1. The number of rotatable bonds is 5. The second-order valence-electron chi connectivity index (χ2n) is 2.60. The molecule has 62 valence electrons. The molecule has 3 heteroatoms. The van der Waals surface area contributed by atoms with E-state index < -0.39 is 0 Å². The minimum atomic E-state index is 0.497. The minimum Gasteiger partial charge on any atom is -0.244 e. The molecule has 0 aromatic heterocycles. The van der Waals surface area contributed by atoms with Gasteiger partial charge in [0.05, 0.1) is 0 Å². The molecule has 0 spiro atoms. The van der Waals surface area contributed by atoms with Gasteiger partial charge in [0, 0.05) is 19.6 Å². The van der Waals surface area contributed by atoms with Crippen LogP contribution in [0.15, 0.2) is 0 Å². The monoisotopic (exact) mass is 145 g/mol. The molecule has 0 aliphatic heterocycles. The predicted octanol–water partition coefficient (Wildman–Crippen LogP) is 0.746.